The van der Waals surface area contributed by atoms with E-state index < -0.39 is 5.82 Å². The van der Waals surface area contributed by atoms with Crippen LogP contribution in [0.15, 0.2) is 53.5 Å². The third kappa shape index (κ3) is 3.29. The Morgan fingerprint density at radius 3 is 2.53 bits per heavy atom. The van der Waals surface area contributed by atoms with E-state index in [0.29, 0.717) is 17.6 Å². The number of aldehydes is 1. The van der Waals surface area contributed by atoms with Crippen molar-refractivity contribution in [2.75, 3.05) is 0 Å². The lowest BCUT2D eigenvalue weighted by atomic mass is 10.2. The molecule has 2 nitrogen and oxygen atoms in total. The van der Waals surface area contributed by atoms with Crippen LogP contribution in [0.5, 0.6) is 5.75 Å². The molecule has 19 heavy (non-hydrogen) atoms. The van der Waals surface area contributed by atoms with Crippen LogP contribution in [-0.2, 0) is 0 Å². The average molecular weight is 321 g/mol. The molecule has 2 rings (SSSR count). The maximum Gasteiger partial charge on any atom is 0.153 e. The van der Waals surface area contributed by atoms with Gasteiger partial charge in [0.15, 0.2) is 6.29 Å². The van der Waals surface area contributed by atoms with E-state index in [0.717, 1.165) is 5.56 Å². The van der Waals surface area contributed by atoms with Gasteiger partial charge >= 0.3 is 0 Å². The molecular weight excluding hydrogens is 311 g/mol. The second-order valence-electron chi connectivity index (χ2n) is 3.74. The van der Waals surface area contributed by atoms with Crippen LogP contribution >= 0.6 is 15.9 Å². The summed E-state index contributed by atoms with van der Waals surface area (Å²) in [5.41, 5.74) is 1.12. The Morgan fingerprint density at radius 2 is 1.89 bits per heavy atom. The van der Waals surface area contributed by atoms with Crippen molar-refractivity contribution in [3.05, 3.63) is 70.5 Å². The monoisotopic (exact) mass is 320 g/mol. The van der Waals surface area contributed by atoms with Crippen molar-refractivity contribution in [3.8, 4) is 5.75 Å². The van der Waals surface area contributed by atoms with Crippen LogP contribution in [0.4, 0.5) is 4.39 Å². The first-order valence-electron chi connectivity index (χ1n) is 5.53. The van der Waals surface area contributed by atoms with Gasteiger partial charge in [0.25, 0.3) is 0 Å². The molecule has 0 saturated carbocycles. The van der Waals surface area contributed by atoms with Crippen LogP contribution in [0.1, 0.15) is 15.9 Å². The molecular formula is C15H10BrFO2. The number of hydrogen-bond acceptors (Lipinski definition) is 2. The van der Waals surface area contributed by atoms with E-state index in [2.05, 4.69) is 15.9 Å². The fourth-order valence-electron chi connectivity index (χ4n) is 1.56. The van der Waals surface area contributed by atoms with E-state index >= 15 is 0 Å². The Labute approximate surface area is 118 Å². The molecule has 0 unspecified atom stereocenters. The molecule has 0 N–H and O–H groups in total. The Morgan fingerprint density at radius 1 is 1.16 bits per heavy atom. The first kappa shape index (κ1) is 13.5. The molecule has 0 amide bonds. The molecule has 0 fully saturated rings. The molecule has 2 aromatic rings. The van der Waals surface area contributed by atoms with Crippen molar-refractivity contribution in [1.29, 1.82) is 0 Å². The maximum absolute atomic E-state index is 13.2. The smallest absolute Gasteiger partial charge is 0.153 e. The highest BCUT2D eigenvalue weighted by molar-refractivity contribution is 9.11. The molecule has 2 aromatic carbocycles. The number of hydrogen-bond donors (Lipinski definition) is 0. The van der Waals surface area contributed by atoms with Gasteiger partial charge in [-0.05, 0) is 12.1 Å². The standard InChI is InChI=1S/C15H10BrFO2/c16-9-15(11-4-2-1-3-5-11)19-14-8-13(17)7-6-12(14)10-18/h1-10H/b15-9-. The van der Waals surface area contributed by atoms with E-state index in [4.69, 9.17) is 4.74 Å². The minimum absolute atomic E-state index is 0.185. The van der Waals surface area contributed by atoms with Crippen molar-refractivity contribution in [2.24, 2.45) is 0 Å². The van der Waals surface area contributed by atoms with Gasteiger partial charge in [0, 0.05) is 16.6 Å². The van der Waals surface area contributed by atoms with E-state index in [1.807, 2.05) is 30.3 Å². The first-order valence-corrected chi connectivity index (χ1v) is 6.44. The second kappa shape index (κ2) is 6.29. The summed E-state index contributed by atoms with van der Waals surface area (Å²) in [5, 5.41) is 0. The predicted molar refractivity (Wildman–Crippen MR) is 75.8 cm³/mol. The summed E-state index contributed by atoms with van der Waals surface area (Å²) in [5.74, 6) is 0.224. The van der Waals surface area contributed by atoms with Crippen LogP contribution in [0.3, 0.4) is 0 Å². The fourth-order valence-corrected chi connectivity index (χ4v) is 1.92. The van der Waals surface area contributed by atoms with Gasteiger partial charge in [0.1, 0.15) is 17.3 Å². The van der Waals surface area contributed by atoms with Gasteiger partial charge in [-0.25, -0.2) is 4.39 Å². The zero-order valence-electron chi connectivity index (χ0n) is 9.85. The van der Waals surface area contributed by atoms with Gasteiger partial charge < -0.3 is 4.74 Å². The van der Waals surface area contributed by atoms with Crippen molar-refractivity contribution in [1.82, 2.24) is 0 Å². The molecule has 0 radical (unpaired) electrons. The van der Waals surface area contributed by atoms with Gasteiger partial charge in [-0.3, -0.25) is 4.79 Å². The van der Waals surface area contributed by atoms with Crippen molar-refractivity contribution >= 4 is 28.0 Å². The van der Waals surface area contributed by atoms with Crippen LogP contribution in [0.2, 0.25) is 0 Å². The molecule has 96 valence electrons. The molecule has 0 aromatic heterocycles. The van der Waals surface area contributed by atoms with Crippen LogP contribution < -0.4 is 4.74 Å². The largest absolute Gasteiger partial charge is 0.455 e. The SMILES string of the molecule is O=Cc1ccc(F)cc1O/C(=C\Br)c1ccccc1. The number of ether oxygens (including phenoxy) is 1. The molecule has 0 heterocycles. The number of halogens is 2. The highest BCUT2D eigenvalue weighted by atomic mass is 79.9. The van der Waals surface area contributed by atoms with Gasteiger partial charge in [0.05, 0.1) is 5.56 Å². The first-order chi connectivity index (χ1) is 9.24. The Balaban J connectivity index is 2.34. The van der Waals surface area contributed by atoms with Crippen LogP contribution in [0.25, 0.3) is 5.76 Å². The van der Waals surface area contributed by atoms with E-state index in [1.54, 1.807) is 4.99 Å². The lowest BCUT2D eigenvalue weighted by molar-refractivity contribution is 0.112. The summed E-state index contributed by atoms with van der Waals surface area (Å²) in [6.07, 6.45) is 0.631. The van der Waals surface area contributed by atoms with Gasteiger partial charge in [-0.15, -0.1) is 0 Å². The zero-order chi connectivity index (χ0) is 13.7. The summed E-state index contributed by atoms with van der Waals surface area (Å²) in [6, 6.07) is 13.1. The molecule has 0 aliphatic carbocycles. The third-order valence-electron chi connectivity index (χ3n) is 2.48. The third-order valence-corrected chi connectivity index (χ3v) is 2.90. The number of rotatable bonds is 4. The molecule has 0 aliphatic rings. The lowest BCUT2D eigenvalue weighted by Gasteiger charge is -2.11. The molecule has 0 saturated heterocycles. The van der Waals surface area contributed by atoms with Crippen LogP contribution in [-0.4, -0.2) is 6.29 Å². The summed E-state index contributed by atoms with van der Waals surface area (Å²) in [7, 11) is 0. The summed E-state index contributed by atoms with van der Waals surface area (Å²) in [4.78, 5) is 12.5. The number of carbonyl (C=O) groups is 1. The molecule has 4 heteroatoms. The van der Waals surface area contributed by atoms with Gasteiger partial charge in [0.2, 0.25) is 0 Å². The molecule has 0 aliphatic heterocycles. The van der Waals surface area contributed by atoms with E-state index in [9.17, 15) is 9.18 Å². The van der Waals surface area contributed by atoms with Crippen molar-refractivity contribution in [3.63, 3.8) is 0 Å². The number of carbonyl (C=O) groups excluding carboxylic acids is 1. The van der Waals surface area contributed by atoms with E-state index in [1.165, 1.54) is 18.2 Å². The van der Waals surface area contributed by atoms with Gasteiger partial charge in [-0.2, -0.15) is 0 Å². The van der Waals surface area contributed by atoms with Crippen LogP contribution in [0, 0.1) is 5.82 Å². The quantitative estimate of drug-likeness (QED) is 0.616. The minimum atomic E-state index is -0.456. The van der Waals surface area contributed by atoms with Gasteiger partial charge in [-0.1, -0.05) is 46.3 Å². The average Bonchev–Trinajstić information content (AvgIpc) is 2.46. The molecule has 0 atom stereocenters. The molecule has 0 bridgehead atoms. The fraction of sp³-hybridized carbons (Fsp3) is 0. The summed E-state index contributed by atoms with van der Waals surface area (Å²) >= 11 is 3.21. The highest BCUT2D eigenvalue weighted by Crippen LogP contribution is 2.25. The second-order valence-corrected chi connectivity index (χ2v) is 4.20. The Bertz CT molecular complexity index is 609. The van der Waals surface area contributed by atoms with Crippen molar-refractivity contribution in [2.45, 2.75) is 0 Å². The number of benzene rings is 2. The lowest BCUT2D eigenvalue weighted by Crippen LogP contribution is -1.98. The maximum atomic E-state index is 13.2. The zero-order valence-corrected chi connectivity index (χ0v) is 11.4. The van der Waals surface area contributed by atoms with Crippen molar-refractivity contribution < 1.29 is 13.9 Å². The highest BCUT2D eigenvalue weighted by Gasteiger charge is 2.09. The minimum Gasteiger partial charge on any atom is -0.455 e. The topological polar surface area (TPSA) is 26.3 Å². The van der Waals surface area contributed by atoms with E-state index in [-0.39, 0.29) is 5.75 Å². The summed E-state index contributed by atoms with van der Waals surface area (Å²) in [6.45, 7) is 0. The molecule has 0 spiro atoms. The Kier molecular flexibility index (Phi) is 4.47. The normalized spacial score (nSPS) is 11.2. The summed E-state index contributed by atoms with van der Waals surface area (Å²) < 4.78 is 18.8. The Hall–Kier alpha value is -1.94. The predicted octanol–water partition coefficient (Wildman–Crippen LogP) is 4.41.